The summed E-state index contributed by atoms with van der Waals surface area (Å²) < 4.78 is 5.87. The van der Waals surface area contributed by atoms with Crippen LogP contribution in [0.5, 0.6) is 0 Å². The van der Waals surface area contributed by atoms with Gasteiger partial charge in [-0.2, -0.15) is 0 Å². The van der Waals surface area contributed by atoms with E-state index in [2.05, 4.69) is 21.2 Å². The van der Waals surface area contributed by atoms with Gasteiger partial charge in [-0.25, -0.2) is 4.79 Å². The Kier molecular flexibility index (Phi) is 5.98. The van der Waals surface area contributed by atoms with Crippen molar-refractivity contribution in [1.29, 1.82) is 0 Å². The molecular formula is C16H13BrClNO3. The molecule has 1 amide bonds. The summed E-state index contributed by atoms with van der Waals surface area (Å²) in [6.45, 7) is 0.0341. The van der Waals surface area contributed by atoms with E-state index in [1.54, 1.807) is 18.2 Å². The molecule has 0 aliphatic carbocycles. The van der Waals surface area contributed by atoms with Crippen molar-refractivity contribution in [2.24, 2.45) is 0 Å². The zero-order valence-electron chi connectivity index (χ0n) is 11.5. The van der Waals surface area contributed by atoms with Crippen LogP contribution in [0.1, 0.15) is 15.9 Å². The van der Waals surface area contributed by atoms with Gasteiger partial charge in [0.05, 0.1) is 5.56 Å². The maximum Gasteiger partial charge on any atom is 0.338 e. The van der Waals surface area contributed by atoms with E-state index < -0.39 is 5.97 Å². The van der Waals surface area contributed by atoms with Crippen LogP contribution >= 0.6 is 27.5 Å². The van der Waals surface area contributed by atoms with Crippen LogP contribution in [0.4, 0.5) is 0 Å². The fourth-order valence-corrected chi connectivity index (χ4v) is 2.37. The van der Waals surface area contributed by atoms with Gasteiger partial charge in [-0.15, -0.1) is 0 Å². The van der Waals surface area contributed by atoms with Crippen molar-refractivity contribution < 1.29 is 14.3 Å². The number of carbonyl (C=O) groups is 2. The van der Waals surface area contributed by atoms with Crippen molar-refractivity contribution in [3.8, 4) is 0 Å². The number of hydrogen-bond acceptors (Lipinski definition) is 3. The molecule has 4 nitrogen and oxygen atoms in total. The highest BCUT2D eigenvalue weighted by molar-refractivity contribution is 9.10. The standard InChI is InChI=1S/C16H13BrClNO3/c17-13-5-1-3-11(7-13)9-19-15(20)10-22-16(21)12-4-2-6-14(18)8-12/h1-8H,9-10H2,(H,19,20). The molecule has 0 aromatic heterocycles. The maximum atomic E-state index is 11.8. The molecule has 22 heavy (non-hydrogen) atoms. The number of rotatable bonds is 5. The lowest BCUT2D eigenvalue weighted by Crippen LogP contribution is -2.28. The topological polar surface area (TPSA) is 55.4 Å². The molecular weight excluding hydrogens is 370 g/mol. The number of carbonyl (C=O) groups excluding carboxylic acids is 2. The molecule has 0 saturated heterocycles. The molecule has 0 aliphatic rings. The number of hydrogen-bond donors (Lipinski definition) is 1. The number of esters is 1. The Hall–Kier alpha value is -1.85. The van der Waals surface area contributed by atoms with E-state index in [1.165, 1.54) is 6.07 Å². The summed E-state index contributed by atoms with van der Waals surface area (Å²) in [5.74, 6) is -0.949. The van der Waals surface area contributed by atoms with Crippen LogP contribution in [0.15, 0.2) is 53.0 Å². The molecule has 6 heteroatoms. The predicted molar refractivity (Wildman–Crippen MR) is 87.7 cm³/mol. The lowest BCUT2D eigenvalue weighted by molar-refractivity contribution is -0.124. The lowest BCUT2D eigenvalue weighted by Gasteiger charge is -2.07. The van der Waals surface area contributed by atoms with E-state index in [0.717, 1.165) is 10.0 Å². The Morgan fingerprint density at radius 2 is 1.91 bits per heavy atom. The van der Waals surface area contributed by atoms with Crippen molar-refractivity contribution >= 4 is 39.4 Å². The number of ether oxygens (including phenoxy) is 1. The van der Waals surface area contributed by atoms with Gasteiger partial charge in [0, 0.05) is 16.0 Å². The van der Waals surface area contributed by atoms with E-state index >= 15 is 0 Å². The van der Waals surface area contributed by atoms with Gasteiger partial charge in [0.1, 0.15) is 0 Å². The van der Waals surface area contributed by atoms with Crippen LogP contribution in [0.2, 0.25) is 5.02 Å². The number of halogens is 2. The zero-order valence-corrected chi connectivity index (χ0v) is 13.9. The molecule has 1 N–H and O–H groups in total. The van der Waals surface area contributed by atoms with Gasteiger partial charge < -0.3 is 10.1 Å². The molecule has 2 rings (SSSR count). The summed E-state index contributed by atoms with van der Waals surface area (Å²) >= 11 is 9.15. The summed E-state index contributed by atoms with van der Waals surface area (Å²) in [4.78, 5) is 23.4. The molecule has 0 bridgehead atoms. The van der Waals surface area contributed by atoms with Gasteiger partial charge >= 0.3 is 5.97 Å². The van der Waals surface area contributed by atoms with Crippen molar-refractivity contribution in [1.82, 2.24) is 5.32 Å². The number of amides is 1. The minimum atomic E-state index is -0.583. The molecule has 0 saturated carbocycles. The fourth-order valence-electron chi connectivity index (χ4n) is 1.73. The third-order valence-electron chi connectivity index (χ3n) is 2.77. The predicted octanol–water partition coefficient (Wildman–Crippen LogP) is 3.58. The van der Waals surface area contributed by atoms with Crippen LogP contribution < -0.4 is 5.32 Å². The highest BCUT2D eigenvalue weighted by Gasteiger charge is 2.10. The fraction of sp³-hybridized carbons (Fsp3) is 0.125. The second-order valence-electron chi connectivity index (χ2n) is 4.49. The minimum Gasteiger partial charge on any atom is -0.452 e. The summed E-state index contributed by atoms with van der Waals surface area (Å²) in [6.07, 6.45) is 0. The highest BCUT2D eigenvalue weighted by atomic mass is 79.9. The van der Waals surface area contributed by atoms with E-state index in [9.17, 15) is 9.59 Å². The number of benzene rings is 2. The van der Waals surface area contributed by atoms with Crippen LogP contribution in [-0.2, 0) is 16.1 Å². The molecule has 0 aliphatic heterocycles. The summed E-state index contributed by atoms with van der Waals surface area (Å²) in [7, 11) is 0. The molecule has 0 fully saturated rings. The van der Waals surface area contributed by atoms with E-state index in [-0.39, 0.29) is 12.5 Å². The molecule has 2 aromatic carbocycles. The first kappa shape index (κ1) is 16.5. The Balaban J connectivity index is 1.79. The minimum absolute atomic E-state index is 0.312. The van der Waals surface area contributed by atoms with Gasteiger partial charge in [0.2, 0.25) is 0 Å². The summed E-state index contributed by atoms with van der Waals surface area (Å²) in [6, 6.07) is 13.9. The van der Waals surface area contributed by atoms with Gasteiger partial charge in [-0.3, -0.25) is 4.79 Å². The van der Waals surface area contributed by atoms with Crippen LogP contribution in [0.25, 0.3) is 0 Å². The Labute approximate surface area is 141 Å². The van der Waals surface area contributed by atoms with Gasteiger partial charge in [-0.05, 0) is 35.9 Å². The average molecular weight is 383 g/mol. The molecule has 0 spiro atoms. The zero-order chi connectivity index (χ0) is 15.9. The number of nitrogens with one attached hydrogen (secondary N) is 1. The van der Waals surface area contributed by atoms with E-state index in [0.29, 0.717) is 17.1 Å². The molecule has 2 aromatic rings. The van der Waals surface area contributed by atoms with Crippen LogP contribution in [0, 0.1) is 0 Å². The summed E-state index contributed by atoms with van der Waals surface area (Å²) in [5, 5.41) is 3.12. The van der Waals surface area contributed by atoms with Crippen molar-refractivity contribution in [2.45, 2.75) is 6.54 Å². The first-order valence-corrected chi connectivity index (χ1v) is 7.65. The lowest BCUT2D eigenvalue weighted by atomic mass is 10.2. The van der Waals surface area contributed by atoms with E-state index in [1.807, 2.05) is 24.3 Å². The van der Waals surface area contributed by atoms with Crippen molar-refractivity contribution in [2.75, 3.05) is 6.61 Å². The SMILES string of the molecule is O=C(COC(=O)c1cccc(Cl)c1)NCc1cccc(Br)c1. The third-order valence-corrected chi connectivity index (χ3v) is 3.50. The van der Waals surface area contributed by atoms with Gasteiger partial charge in [0.25, 0.3) is 5.91 Å². The molecule has 0 radical (unpaired) electrons. The third kappa shape index (κ3) is 5.16. The normalized spacial score (nSPS) is 10.1. The Morgan fingerprint density at radius 3 is 2.64 bits per heavy atom. The second-order valence-corrected chi connectivity index (χ2v) is 5.85. The van der Waals surface area contributed by atoms with Crippen LogP contribution in [-0.4, -0.2) is 18.5 Å². The van der Waals surface area contributed by atoms with Crippen LogP contribution in [0.3, 0.4) is 0 Å². The maximum absolute atomic E-state index is 11.8. The Bertz CT molecular complexity index is 691. The highest BCUT2D eigenvalue weighted by Crippen LogP contribution is 2.12. The van der Waals surface area contributed by atoms with Crippen molar-refractivity contribution in [3.05, 3.63) is 69.2 Å². The first-order valence-electron chi connectivity index (χ1n) is 6.48. The largest absolute Gasteiger partial charge is 0.452 e. The summed E-state index contributed by atoms with van der Waals surface area (Å²) in [5.41, 5.74) is 1.26. The molecule has 0 atom stereocenters. The Morgan fingerprint density at radius 1 is 1.14 bits per heavy atom. The smallest absolute Gasteiger partial charge is 0.338 e. The van der Waals surface area contributed by atoms with E-state index in [4.69, 9.17) is 16.3 Å². The second kappa shape index (κ2) is 7.96. The molecule has 0 heterocycles. The van der Waals surface area contributed by atoms with Gasteiger partial charge in [0.15, 0.2) is 6.61 Å². The molecule has 114 valence electrons. The quantitative estimate of drug-likeness (QED) is 0.804. The van der Waals surface area contributed by atoms with Crippen molar-refractivity contribution in [3.63, 3.8) is 0 Å². The average Bonchev–Trinajstić information content (AvgIpc) is 2.50. The first-order chi connectivity index (χ1) is 10.5. The monoisotopic (exact) mass is 381 g/mol. The van der Waals surface area contributed by atoms with Gasteiger partial charge in [-0.1, -0.05) is 45.7 Å². The molecule has 0 unspecified atom stereocenters.